The number of rotatable bonds is 4. The van der Waals surface area contributed by atoms with E-state index in [-0.39, 0.29) is 10.8 Å². The third-order valence-electron chi connectivity index (χ3n) is 4.48. The summed E-state index contributed by atoms with van der Waals surface area (Å²) in [7, 11) is -3.82. The van der Waals surface area contributed by atoms with E-state index in [4.69, 9.17) is 11.6 Å². The van der Waals surface area contributed by atoms with Crippen molar-refractivity contribution < 1.29 is 13.2 Å². The number of piperidine rings is 1. The fraction of sp³-hybridized carbons (Fsp3) is 0.316. The molecule has 5 nitrogen and oxygen atoms in total. The SMILES string of the molecule is Cc1ccc(Cl)cc1NS(=O)(=O)c1cccc(C(=O)N2CCCCC2)c1. The number of benzene rings is 2. The average molecular weight is 393 g/mol. The molecule has 0 atom stereocenters. The number of nitrogens with one attached hydrogen (secondary N) is 1. The minimum absolute atomic E-state index is 0.0553. The van der Waals surface area contributed by atoms with E-state index in [1.54, 1.807) is 42.2 Å². The molecule has 7 heteroatoms. The molecule has 1 heterocycles. The van der Waals surface area contributed by atoms with Crippen LogP contribution in [0.5, 0.6) is 0 Å². The van der Waals surface area contributed by atoms with Crippen LogP contribution in [-0.2, 0) is 10.0 Å². The molecule has 2 aromatic carbocycles. The Morgan fingerprint density at radius 3 is 2.54 bits per heavy atom. The van der Waals surface area contributed by atoms with Gasteiger partial charge in [0.05, 0.1) is 10.6 Å². The number of carbonyl (C=O) groups is 1. The Morgan fingerprint density at radius 1 is 1.08 bits per heavy atom. The molecule has 26 heavy (non-hydrogen) atoms. The minimum atomic E-state index is -3.82. The topological polar surface area (TPSA) is 66.5 Å². The van der Waals surface area contributed by atoms with Crippen LogP contribution in [0.15, 0.2) is 47.4 Å². The van der Waals surface area contributed by atoms with Crippen LogP contribution in [0.25, 0.3) is 0 Å². The first-order chi connectivity index (χ1) is 12.4. The van der Waals surface area contributed by atoms with Gasteiger partial charge in [-0.3, -0.25) is 9.52 Å². The van der Waals surface area contributed by atoms with E-state index in [1.165, 1.54) is 12.1 Å². The summed E-state index contributed by atoms with van der Waals surface area (Å²) in [5.74, 6) is -0.124. The molecule has 0 saturated carbocycles. The summed E-state index contributed by atoms with van der Waals surface area (Å²) in [6.07, 6.45) is 3.10. The summed E-state index contributed by atoms with van der Waals surface area (Å²) in [4.78, 5) is 14.5. The summed E-state index contributed by atoms with van der Waals surface area (Å²) < 4.78 is 28.0. The fourth-order valence-corrected chi connectivity index (χ4v) is 4.32. The standard InChI is InChI=1S/C19H21ClN2O3S/c1-14-8-9-16(20)13-18(14)21-26(24,25)17-7-5-6-15(12-17)19(23)22-10-3-2-4-11-22/h5-9,12-13,21H,2-4,10-11H2,1H3. The Bertz CT molecular complexity index is 922. The highest BCUT2D eigenvalue weighted by atomic mass is 35.5. The first kappa shape index (κ1) is 18.7. The Kier molecular flexibility index (Phi) is 5.53. The summed E-state index contributed by atoms with van der Waals surface area (Å²) >= 11 is 5.96. The number of anilines is 1. The van der Waals surface area contributed by atoms with Crippen molar-refractivity contribution in [3.05, 3.63) is 58.6 Å². The average Bonchev–Trinajstić information content (AvgIpc) is 2.65. The van der Waals surface area contributed by atoms with E-state index in [0.29, 0.717) is 16.3 Å². The van der Waals surface area contributed by atoms with Crippen molar-refractivity contribution in [2.24, 2.45) is 0 Å². The van der Waals surface area contributed by atoms with Crippen molar-refractivity contribution >= 4 is 33.2 Å². The number of aryl methyl sites for hydroxylation is 1. The van der Waals surface area contributed by atoms with Crippen LogP contribution in [0.1, 0.15) is 35.2 Å². The van der Waals surface area contributed by atoms with Gasteiger partial charge in [-0.15, -0.1) is 0 Å². The highest BCUT2D eigenvalue weighted by Crippen LogP contribution is 2.24. The van der Waals surface area contributed by atoms with Gasteiger partial charge in [-0.05, 0) is 62.1 Å². The van der Waals surface area contributed by atoms with Crippen molar-refractivity contribution in [2.75, 3.05) is 17.8 Å². The number of amides is 1. The first-order valence-corrected chi connectivity index (χ1v) is 10.4. The molecule has 0 radical (unpaired) electrons. The third kappa shape index (κ3) is 4.19. The lowest BCUT2D eigenvalue weighted by molar-refractivity contribution is 0.0724. The molecule has 1 aliphatic rings. The largest absolute Gasteiger partial charge is 0.339 e. The van der Waals surface area contributed by atoms with Crippen LogP contribution >= 0.6 is 11.6 Å². The summed E-state index contributed by atoms with van der Waals surface area (Å²) in [6, 6.07) is 11.2. The van der Waals surface area contributed by atoms with Crippen LogP contribution in [-0.4, -0.2) is 32.3 Å². The second-order valence-electron chi connectivity index (χ2n) is 6.45. The smallest absolute Gasteiger partial charge is 0.261 e. The molecule has 1 fully saturated rings. The molecule has 1 amide bonds. The number of hydrogen-bond donors (Lipinski definition) is 1. The van der Waals surface area contributed by atoms with Crippen molar-refractivity contribution in [2.45, 2.75) is 31.1 Å². The van der Waals surface area contributed by atoms with Gasteiger partial charge in [-0.2, -0.15) is 0 Å². The molecule has 2 aromatic rings. The molecular weight excluding hydrogens is 372 g/mol. The van der Waals surface area contributed by atoms with E-state index in [0.717, 1.165) is 37.9 Å². The molecule has 0 bridgehead atoms. The fourth-order valence-electron chi connectivity index (χ4n) is 2.98. The van der Waals surface area contributed by atoms with E-state index >= 15 is 0 Å². The monoisotopic (exact) mass is 392 g/mol. The van der Waals surface area contributed by atoms with Crippen molar-refractivity contribution in [1.82, 2.24) is 4.90 Å². The molecule has 1 aliphatic heterocycles. The molecular formula is C19H21ClN2O3S. The lowest BCUT2D eigenvalue weighted by Crippen LogP contribution is -2.35. The van der Waals surface area contributed by atoms with Crippen LogP contribution in [0.3, 0.4) is 0 Å². The predicted octanol–water partition coefficient (Wildman–Crippen LogP) is 4.08. The highest BCUT2D eigenvalue weighted by molar-refractivity contribution is 7.92. The van der Waals surface area contributed by atoms with Crippen molar-refractivity contribution in [3.8, 4) is 0 Å². The lowest BCUT2D eigenvalue weighted by atomic mass is 10.1. The Labute approximate surface area is 159 Å². The Hall–Kier alpha value is -2.05. The summed E-state index contributed by atoms with van der Waals surface area (Å²) in [5, 5.41) is 0.447. The van der Waals surface area contributed by atoms with Gasteiger partial charge in [0.15, 0.2) is 0 Å². The van der Waals surface area contributed by atoms with Gasteiger partial charge in [0.25, 0.3) is 15.9 Å². The van der Waals surface area contributed by atoms with E-state index < -0.39 is 10.0 Å². The molecule has 0 aliphatic carbocycles. The molecule has 0 spiro atoms. The molecule has 0 aromatic heterocycles. The van der Waals surface area contributed by atoms with E-state index in [2.05, 4.69) is 4.72 Å². The second-order valence-corrected chi connectivity index (χ2v) is 8.56. The van der Waals surface area contributed by atoms with Gasteiger partial charge < -0.3 is 4.90 Å². The molecule has 1 N–H and O–H groups in total. The van der Waals surface area contributed by atoms with Crippen LogP contribution in [0.2, 0.25) is 5.02 Å². The number of carbonyl (C=O) groups excluding carboxylic acids is 1. The van der Waals surface area contributed by atoms with Gasteiger partial charge in [0, 0.05) is 23.7 Å². The third-order valence-corrected chi connectivity index (χ3v) is 6.08. The predicted molar refractivity (Wildman–Crippen MR) is 103 cm³/mol. The zero-order chi connectivity index (χ0) is 18.7. The highest BCUT2D eigenvalue weighted by Gasteiger charge is 2.21. The van der Waals surface area contributed by atoms with Crippen molar-refractivity contribution in [1.29, 1.82) is 0 Å². The van der Waals surface area contributed by atoms with Crippen LogP contribution in [0.4, 0.5) is 5.69 Å². The van der Waals surface area contributed by atoms with Gasteiger partial charge in [0.1, 0.15) is 0 Å². The van der Waals surface area contributed by atoms with E-state index in [1.807, 2.05) is 0 Å². The van der Waals surface area contributed by atoms with Crippen molar-refractivity contribution in [3.63, 3.8) is 0 Å². The van der Waals surface area contributed by atoms with Crippen LogP contribution < -0.4 is 4.72 Å². The van der Waals surface area contributed by atoms with Gasteiger partial charge in [-0.25, -0.2) is 8.42 Å². The maximum Gasteiger partial charge on any atom is 0.261 e. The number of halogens is 1. The van der Waals surface area contributed by atoms with Gasteiger partial charge in [0.2, 0.25) is 0 Å². The number of hydrogen-bond acceptors (Lipinski definition) is 3. The molecule has 3 rings (SSSR count). The molecule has 1 saturated heterocycles. The number of nitrogens with zero attached hydrogens (tertiary/aromatic N) is 1. The zero-order valence-electron chi connectivity index (χ0n) is 14.5. The quantitative estimate of drug-likeness (QED) is 0.852. The zero-order valence-corrected chi connectivity index (χ0v) is 16.1. The summed E-state index contributed by atoms with van der Waals surface area (Å²) in [6.45, 7) is 3.23. The minimum Gasteiger partial charge on any atom is -0.339 e. The maximum absolute atomic E-state index is 12.7. The molecule has 0 unspecified atom stereocenters. The number of sulfonamides is 1. The van der Waals surface area contributed by atoms with E-state index in [9.17, 15) is 13.2 Å². The van der Waals surface area contributed by atoms with Gasteiger partial charge >= 0.3 is 0 Å². The Balaban J connectivity index is 1.86. The molecule has 138 valence electrons. The van der Waals surface area contributed by atoms with Gasteiger partial charge in [-0.1, -0.05) is 23.7 Å². The first-order valence-electron chi connectivity index (χ1n) is 8.55. The second kappa shape index (κ2) is 7.68. The van der Waals surface area contributed by atoms with Crippen LogP contribution in [0, 0.1) is 6.92 Å². The number of likely N-dealkylation sites (tertiary alicyclic amines) is 1. The summed E-state index contributed by atoms with van der Waals surface area (Å²) in [5.41, 5.74) is 1.57. The normalized spacial score (nSPS) is 14.9. The maximum atomic E-state index is 12.7. The Morgan fingerprint density at radius 2 is 1.81 bits per heavy atom. The lowest BCUT2D eigenvalue weighted by Gasteiger charge is -2.26.